The molecule has 1 aromatic carbocycles. The van der Waals surface area contributed by atoms with E-state index < -0.39 is 6.04 Å². The molecule has 0 radical (unpaired) electrons. The van der Waals surface area contributed by atoms with Gasteiger partial charge >= 0.3 is 0 Å². The zero-order valence-corrected chi connectivity index (χ0v) is 12.5. The fourth-order valence-electron chi connectivity index (χ4n) is 2.69. The Balaban J connectivity index is 1.87. The molecule has 0 saturated carbocycles. The predicted molar refractivity (Wildman–Crippen MR) is 79.7 cm³/mol. The average molecular weight is 302 g/mol. The summed E-state index contributed by atoms with van der Waals surface area (Å²) in [7, 11) is 1.66. The van der Waals surface area contributed by atoms with Crippen LogP contribution < -0.4 is 4.74 Å². The molecule has 1 aliphatic heterocycles. The number of hydrogen-bond donors (Lipinski definition) is 0. The van der Waals surface area contributed by atoms with E-state index in [1.54, 1.807) is 36.6 Å². The first kappa shape index (κ1) is 14.1. The molecule has 1 aliphatic rings. The highest BCUT2D eigenvalue weighted by Crippen LogP contribution is 2.36. The fraction of sp³-hybridized carbons (Fsp3) is 0.312. The summed E-state index contributed by atoms with van der Waals surface area (Å²) in [6, 6.07) is 10.2. The molecular weight excluding hydrogens is 287 g/mol. The van der Waals surface area contributed by atoms with Gasteiger partial charge in [-0.3, -0.25) is 4.90 Å². The Kier molecular flexibility index (Phi) is 3.91. The van der Waals surface area contributed by atoms with Gasteiger partial charge in [0.15, 0.2) is 5.06 Å². The standard InChI is InChI=1S/C16H15FN2OS/c1-20-16-8-11-10-19(7-6-15(11)21-16)14(9-18)12-4-2-3-5-13(12)17/h2-5,8,14H,6-7,10H2,1H3. The van der Waals surface area contributed by atoms with Crippen molar-refractivity contribution in [2.45, 2.75) is 19.0 Å². The molecule has 0 N–H and O–H groups in total. The monoisotopic (exact) mass is 302 g/mol. The van der Waals surface area contributed by atoms with Gasteiger partial charge in [0.1, 0.15) is 11.9 Å². The highest BCUT2D eigenvalue weighted by Gasteiger charge is 2.27. The number of methoxy groups -OCH3 is 1. The van der Waals surface area contributed by atoms with E-state index in [-0.39, 0.29) is 5.82 Å². The first-order chi connectivity index (χ1) is 10.2. The molecule has 0 amide bonds. The second-order valence-electron chi connectivity index (χ2n) is 4.99. The average Bonchev–Trinajstić information content (AvgIpc) is 2.92. The lowest BCUT2D eigenvalue weighted by Gasteiger charge is -2.30. The SMILES string of the molecule is COc1cc2c(s1)CCN(C(C#N)c1ccccc1F)C2. The van der Waals surface area contributed by atoms with Crippen LogP contribution >= 0.6 is 11.3 Å². The van der Waals surface area contributed by atoms with Gasteiger partial charge in [-0.25, -0.2) is 4.39 Å². The van der Waals surface area contributed by atoms with Crippen molar-refractivity contribution < 1.29 is 9.13 Å². The minimum absolute atomic E-state index is 0.322. The van der Waals surface area contributed by atoms with E-state index in [4.69, 9.17) is 4.74 Å². The molecule has 0 aliphatic carbocycles. The highest BCUT2D eigenvalue weighted by atomic mass is 32.1. The molecule has 1 aromatic heterocycles. The second-order valence-corrected chi connectivity index (χ2v) is 6.09. The third-order valence-corrected chi connectivity index (χ3v) is 4.96. The Hall–Kier alpha value is -1.90. The molecule has 0 spiro atoms. The topological polar surface area (TPSA) is 36.3 Å². The van der Waals surface area contributed by atoms with Crippen molar-refractivity contribution in [1.82, 2.24) is 4.90 Å². The van der Waals surface area contributed by atoms with Gasteiger partial charge in [0.25, 0.3) is 0 Å². The molecule has 5 heteroatoms. The number of nitrogens with zero attached hydrogens (tertiary/aromatic N) is 2. The lowest BCUT2D eigenvalue weighted by molar-refractivity contribution is 0.214. The maximum absolute atomic E-state index is 13.9. The van der Waals surface area contributed by atoms with Crippen LogP contribution in [0, 0.1) is 17.1 Å². The molecule has 108 valence electrons. The van der Waals surface area contributed by atoms with Crippen molar-refractivity contribution in [2.75, 3.05) is 13.7 Å². The van der Waals surface area contributed by atoms with Crippen molar-refractivity contribution in [3.63, 3.8) is 0 Å². The van der Waals surface area contributed by atoms with Gasteiger partial charge in [-0.15, -0.1) is 11.3 Å². The number of benzene rings is 1. The molecule has 2 heterocycles. The number of nitriles is 1. The summed E-state index contributed by atoms with van der Waals surface area (Å²) in [6.45, 7) is 1.41. The molecule has 0 saturated heterocycles. The van der Waals surface area contributed by atoms with Crippen molar-refractivity contribution in [2.24, 2.45) is 0 Å². The van der Waals surface area contributed by atoms with E-state index >= 15 is 0 Å². The summed E-state index contributed by atoms with van der Waals surface area (Å²) in [4.78, 5) is 3.32. The molecule has 2 aromatic rings. The van der Waals surface area contributed by atoms with Gasteiger partial charge in [-0.05, 0) is 24.1 Å². The van der Waals surface area contributed by atoms with Crippen molar-refractivity contribution >= 4 is 11.3 Å². The van der Waals surface area contributed by atoms with Crippen molar-refractivity contribution in [3.8, 4) is 11.1 Å². The zero-order valence-electron chi connectivity index (χ0n) is 11.7. The first-order valence-electron chi connectivity index (χ1n) is 6.76. The second kappa shape index (κ2) is 5.84. The van der Waals surface area contributed by atoms with Gasteiger partial charge < -0.3 is 4.74 Å². The van der Waals surface area contributed by atoms with Gasteiger partial charge in [0.2, 0.25) is 0 Å². The molecule has 3 nitrogen and oxygen atoms in total. The Morgan fingerprint density at radius 1 is 1.43 bits per heavy atom. The van der Waals surface area contributed by atoms with E-state index in [1.807, 2.05) is 11.0 Å². The third-order valence-electron chi connectivity index (χ3n) is 3.76. The Bertz CT molecular complexity index is 692. The minimum Gasteiger partial charge on any atom is -0.487 e. The maximum atomic E-state index is 13.9. The number of fused-ring (bicyclic) bond motifs is 1. The van der Waals surface area contributed by atoms with Crippen LogP contribution in [0.3, 0.4) is 0 Å². The fourth-order valence-corrected chi connectivity index (χ4v) is 3.67. The summed E-state index contributed by atoms with van der Waals surface area (Å²) in [5.74, 6) is -0.322. The van der Waals surface area contributed by atoms with Crippen LogP contribution in [-0.2, 0) is 13.0 Å². The summed E-state index contributed by atoms with van der Waals surface area (Å²) >= 11 is 1.65. The van der Waals surface area contributed by atoms with Crippen molar-refractivity contribution in [1.29, 1.82) is 5.26 Å². The lowest BCUT2D eigenvalue weighted by Crippen LogP contribution is -2.33. The first-order valence-corrected chi connectivity index (χ1v) is 7.58. The smallest absolute Gasteiger partial charge is 0.173 e. The molecular formula is C16H15FN2OS. The number of halogens is 1. The quantitative estimate of drug-likeness (QED) is 0.870. The van der Waals surface area contributed by atoms with E-state index in [2.05, 4.69) is 6.07 Å². The molecule has 0 bridgehead atoms. The molecule has 3 rings (SSSR count). The number of rotatable bonds is 3. The minimum atomic E-state index is -0.551. The van der Waals surface area contributed by atoms with Crippen LogP contribution in [0.2, 0.25) is 0 Å². The van der Waals surface area contributed by atoms with Crippen LogP contribution in [0.5, 0.6) is 5.06 Å². The Morgan fingerprint density at radius 2 is 2.24 bits per heavy atom. The normalized spacial score (nSPS) is 16.0. The van der Waals surface area contributed by atoms with Crippen LogP contribution in [0.25, 0.3) is 0 Å². The van der Waals surface area contributed by atoms with E-state index in [0.717, 1.165) is 18.0 Å². The van der Waals surface area contributed by atoms with Crippen LogP contribution in [0.1, 0.15) is 22.0 Å². The summed E-state index contributed by atoms with van der Waals surface area (Å²) < 4.78 is 19.2. The number of ether oxygens (including phenoxy) is 1. The highest BCUT2D eigenvalue weighted by molar-refractivity contribution is 7.14. The van der Waals surface area contributed by atoms with Crippen LogP contribution in [0.4, 0.5) is 4.39 Å². The summed E-state index contributed by atoms with van der Waals surface area (Å²) in [6.07, 6.45) is 0.871. The Morgan fingerprint density at radius 3 is 2.95 bits per heavy atom. The summed E-state index contributed by atoms with van der Waals surface area (Å²) in [5, 5.41) is 10.4. The summed E-state index contributed by atoms with van der Waals surface area (Å²) in [5.41, 5.74) is 1.63. The number of hydrogen-bond acceptors (Lipinski definition) is 4. The van der Waals surface area contributed by atoms with Crippen LogP contribution in [-0.4, -0.2) is 18.6 Å². The van der Waals surface area contributed by atoms with Gasteiger partial charge in [0, 0.05) is 23.5 Å². The third kappa shape index (κ3) is 2.65. The molecule has 1 atom stereocenters. The van der Waals surface area contributed by atoms with Crippen LogP contribution in [0.15, 0.2) is 30.3 Å². The maximum Gasteiger partial charge on any atom is 0.173 e. The molecule has 1 unspecified atom stereocenters. The van der Waals surface area contributed by atoms with E-state index in [0.29, 0.717) is 12.1 Å². The van der Waals surface area contributed by atoms with E-state index in [1.165, 1.54) is 16.5 Å². The number of thiophene rings is 1. The van der Waals surface area contributed by atoms with Gasteiger partial charge in [-0.1, -0.05) is 18.2 Å². The molecule has 0 fully saturated rings. The lowest BCUT2D eigenvalue weighted by atomic mass is 10.0. The van der Waals surface area contributed by atoms with Gasteiger partial charge in [0.05, 0.1) is 13.2 Å². The largest absolute Gasteiger partial charge is 0.487 e. The van der Waals surface area contributed by atoms with Crippen molar-refractivity contribution in [3.05, 3.63) is 52.2 Å². The Labute approximate surface area is 127 Å². The van der Waals surface area contributed by atoms with Gasteiger partial charge in [-0.2, -0.15) is 5.26 Å². The van der Waals surface area contributed by atoms with E-state index in [9.17, 15) is 9.65 Å². The molecule has 21 heavy (non-hydrogen) atoms. The zero-order chi connectivity index (χ0) is 14.8. The predicted octanol–water partition coefficient (Wildman–Crippen LogP) is 3.52.